The summed E-state index contributed by atoms with van der Waals surface area (Å²) in [7, 11) is 0. The Hall–Kier alpha value is -1.14. The third kappa shape index (κ3) is 5.46. The Labute approximate surface area is 138 Å². The van der Waals surface area contributed by atoms with Gasteiger partial charge in [0.25, 0.3) is 0 Å². The molecule has 0 radical (unpaired) electrons. The number of rotatable bonds is 5. The van der Waals surface area contributed by atoms with Crippen molar-refractivity contribution in [3.05, 3.63) is 0 Å². The van der Waals surface area contributed by atoms with Crippen LogP contribution in [0.15, 0.2) is 0 Å². The second-order valence-corrected chi connectivity index (χ2v) is 7.61. The highest BCUT2D eigenvalue weighted by molar-refractivity contribution is 5.76. The lowest BCUT2D eigenvalue weighted by Gasteiger charge is -2.30. The van der Waals surface area contributed by atoms with Crippen LogP contribution in [0.2, 0.25) is 0 Å². The van der Waals surface area contributed by atoms with Gasteiger partial charge in [-0.1, -0.05) is 0 Å². The van der Waals surface area contributed by atoms with Gasteiger partial charge < -0.3 is 14.6 Å². The van der Waals surface area contributed by atoms with Crippen molar-refractivity contribution in [3.8, 4) is 0 Å². The van der Waals surface area contributed by atoms with Gasteiger partial charge in [0.1, 0.15) is 18.4 Å². The van der Waals surface area contributed by atoms with Crippen molar-refractivity contribution in [2.24, 2.45) is 5.92 Å². The van der Waals surface area contributed by atoms with E-state index in [1.165, 1.54) is 0 Å². The van der Waals surface area contributed by atoms with Gasteiger partial charge in [-0.3, -0.25) is 14.5 Å². The van der Waals surface area contributed by atoms with Gasteiger partial charge in [0.2, 0.25) is 0 Å². The summed E-state index contributed by atoms with van der Waals surface area (Å²) >= 11 is 0. The monoisotopic (exact) mass is 327 g/mol. The summed E-state index contributed by atoms with van der Waals surface area (Å²) in [6.45, 7) is 6.89. The van der Waals surface area contributed by atoms with E-state index in [-0.39, 0.29) is 24.0 Å². The second-order valence-electron chi connectivity index (χ2n) is 7.61. The van der Waals surface area contributed by atoms with Crippen LogP contribution < -0.4 is 0 Å². The summed E-state index contributed by atoms with van der Waals surface area (Å²) in [5, 5.41) is 9.02. The minimum Gasteiger partial charge on any atom is -0.481 e. The van der Waals surface area contributed by atoms with Gasteiger partial charge in [-0.2, -0.15) is 0 Å². The normalized spacial score (nSPS) is 29.4. The predicted molar refractivity (Wildman–Crippen MR) is 84.9 cm³/mol. The van der Waals surface area contributed by atoms with Crippen LogP contribution in [0, 0.1) is 5.92 Å². The average molecular weight is 327 g/mol. The number of aliphatic carboxylic acids is 1. The molecule has 23 heavy (non-hydrogen) atoms. The smallest absolute Gasteiger partial charge is 0.323 e. The fourth-order valence-corrected chi connectivity index (χ4v) is 3.29. The Bertz CT molecular complexity index is 423. The molecule has 2 fully saturated rings. The van der Waals surface area contributed by atoms with E-state index >= 15 is 0 Å². The fourth-order valence-electron chi connectivity index (χ4n) is 3.29. The molecule has 1 heterocycles. The lowest BCUT2D eigenvalue weighted by atomic mass is 9.87. The molecule has 0 aromatic carbocycles. The highest BCUT2D eigenvalue weighted by atomic mass is 16.6. The molecule has 1 N–H and O–H groups in total. The highest BCUT2D eigenvalue weighted by Gasteiger charge is 2.35. The van der Waals surface area contributed by atoms with Crippen molar-refractivity contribution in [1.82, 2.24) is 4.90 Å². The molecule has 0 unspecified atom stereocenters. The summed E-state index contributed by atoms with van der Waals surface area (Å²) in [5.41, 5.74) is -0.471. The number of carbonyl (C=O) groups is 2. The van der Waals surface area contributed by atoms with Crippen LogP contribution in [0.4, 0.5) is 0 Å². The fraction of sp³-hybridized carbons (Fsp3) is 0.882. The summed E-state index contributed by atoms with van der Waals surface area (Å²) < 4.78 is 11.4. The Balaban J connectivity index is 1.76. The number of hydrogen-bond acceptors (Lipinski definition) is 5. The van der Waals surface area contributed by atoms with E-state index < -0.39 is 11.6 Å². The minimum absolute atomic E-state index is 0.102. The zero-order valence-corrected chi connectivity index (χ0v) is 14.4. The lowest BCUT2D eigenvalue weighted by Crippen LogP contribution is -2.42. The maximum Gasteiger partial charge on any atom is 0.323 e. The lowest BCUT2D eigenvalue weighted by molar-refractivity contribution is -0.163. The molecule has 132 valence electrons. The molecule has 0 aromatic heterocycles. The number of carboxylic acids is 1. The van der Waals surface area contributed by atoms with Crippen molar-refractivity contribution in [3.63, 3.8) is 0 Å². The largest absolute Gasteiger partial charge is 0.481 e. The Morgan fingerprint density at radius 3 is 2.35 bits per heavy atom. The number of nitrogens with zero attached hydrogens (tertiary/aromatic N) is 1. The van der Waals surface area contributed by atoms with Crippen molar-refractivity contribution in [2.75, 3.05) is 13.3 Å². The first-order chi connectivity index (χ1) is 10.8. The number of hydrogen-bond donors (Lipinski definition) is 1. The SMILES string of the molecule is CC(C)(C)OC(=O)[C@H]1CCCN1COC1CCC(C(=O)O)CC1. The van der Waals surface area contributed by atoms with E-state index in [2.05, 4.69) is 0 Å². The molecule has 2 rings (SSSR count). The molecule has 0 bridgehead atoms. The maximum absolute atomic E-state index is 12.3. The predicted octanol–water partition coefficient (Wildman–Crippen LogP) is 2.41. The van der Waals surface area contributed by atoms with E-state index in [1.54, 1.807) is 0 Å². The van der Waals surface area contributed by atoms with Crippen molar-refractivity contribution >= 4 is 11.9 Å². The van der Waals surface area contributed by atoms with E-state index in [0.717, 1.165) is 32.2 Å². The van der Waals surface area contributed by atoms with Gasteiger partial charge in [-0.15, -0.1) is 0 Å². The summed E-state index contributed by atoms with van der Waals surface area (Å²) in [5.74, 6) is -1.10. The molecule has 1 atom stereocenters. The van der Waals surface area contributed by atoms with Crippen molar-refractivity contribution in [1.29, 1.82) is 0 Å². The minimum atomic E-state index is -0.701. The van der Waals surface area contributed by atoms with Crippen LogP contribution in [0.5, 0.6) is 0 Å². The van der Waals surface area contributed by atoms with E-state index in [0.29, 0.717) is 19.6 Å². The Morgan fingerprint density at radius 1 is 1.13 bits per heavy atom. The molecule has 6 heteroatoms. The molecule has 2 aliphatic rings. The average Bonchev–Trinajstić information content (AvgIpc) is 2.92. The first kappa shape index (κ1) is 18.2. The van der Waals surface area contributed by atoms with Crippen LogP contribution in [0.3, 0.4) is 0 Å². The molecule has 6 nitrogen and oxygen atoms in total. The molecule has 0 aromatic rings. The second kappa shape index (κ2) is 7.62. The van der Waals surface area contributed by atoms with Crippen molar-refractivity contribution in [2.45, 2.75) is 77.0 Å². The topological polar surface area (TPSA) is 76.1 Å². The number of likely N-dealkylation sites (tertiary alicyclic amines) is 1. The van der Waals surface area contributed by atoms with Gasteiger partial charge >= 0.3 is 11.9 Å². The number of esters is 1. The van der Waals surface area contributed by atoms with Gasteiger partial charge in [0, 0.05) is 6.54 Å². The third-order valence-electron chi connectivity index (χ3n) is 4.54. The highest BCUT2D eigenvalue weighted by Crippen LogP contribution is 2.27. The summed E-state index contributed by atoms with van der Waals surface area (Å²) in [6, 6.07) is -0.218. The molecule has 1 saturated heterocycles. The molecule has 1 saturated carbocycles. The molecule has 0 amide bonds. The quantitative estimate of drug-likeness (QED) is 0.782. The van der Waals surface area contributed by atoms with Crippen LogP contribution in [0.1, 0.15) is 59.3 Å². The Kier molecular flexibility index (Phi) is 6.03. The molecule has 1 aliphatic carbocycles. The molecule has 1 aliphatic heterocycles. The van der Waals surface area contributed by atoms with Gasteiger partial charge in [-0.05, 0) is 59.3 Å². The van der Waals surface area contributed by atoms with Gasteiger partial charge in [0.05, 0.1) is 12.0 Å². The first-order valence-corrected chi connectivity index (χ1v) is 8.57. The molecular weight excluding hydrogens is 298 g/mol. The zero-order chi connectivity index (χ0) is 17.0. The van der Waals surface area contributed by atoms with E-state index in [4.69, 9.17) is 14.6 Å². The van der Waals surface area contributed by atoms with E-state index in [1.807, 2.05) is 25.7 Å². The standard InChI is InChI=1S/C17H29NO5/c1-17(2,3)23-16(21)14-5-4-10-18(14)11-22-13-8-6-12(7-9-13)15(19)20/h12-14H,4-11H2,1-3H3,(H,19,20)/t12?,13?,14-/m1/s1. The number of carbonyl (C=O) groups excluding carboxylic acids is 1. The third-order valence-corrected chi connectivity index (χ3v) is 4.54. The summed E-state index contributed by atoms with van der Waals surface area (Å²) in [6.07, 6.45) is 4.79. The summed E-state index contributed by atoms with van der Waals surface area (Å²) in [4.78, 5) is 25.3. The van der Waals surface area contributed by atoms with Gasteiger partial charge in [-0.25, -0.2) is 0 Å². The molecular formula is C17H29NO5. The zero-order valence-electron chi connectivity index (χ0n) is 14.4. The van der Waals surface area contributed by atoms with Crippen molar-refractivity contribution < 1.29 is 24.2 Å². The first-order valence-electron chi connectivity index (χ1n) is 8.57. The van der Waals surface area contributed by atoms with Crippen LogP contribution in [-0.2, 0) is 19.1 Å². The van der Waals surface area contributed by atoms with Gasteiger partial charge in [0.15, 0.2) is 0 Å². The van der Waals surface area contributed by atoms with Crippen LogP contribution in [-0.4, -0.2) is 53.0 Å². The number of ether oxygens (including phenoxy) is 2. The van der Waals surface area contributed by atoms with E-state index in [9.17, 15) is 9.59 Å². The van der Waals surface area contributed by atoms with Crippen LogP contribution >= 0.6 is 0 Å². The molecule has 0 spiro atoms. The maximum atomic E-state index is 12.3. The number of carboxylic acid groups (broad SMARTS) is 1. The Morgan fingerprint density at radius 2 is 1.78 bits per heavy atom. The van der Waals surface area contributed by atoms with Crippen LogP contribution in [0.25, 0.3) is 0 Å².